The van der Waals surface area contributed by atoms with Crippen molar-refractivity contribution in [2.75, 3.05) is 33.3 Å². The van der Waals surface area contributed by atoms with Crippen LogP contribution in [0.5, 0.6) is 5.88 Å². The molecule has 10 heteroatoms. The summed E-state index contributed by atoms with van der Waals surface area (Å²) in [7, 11) is 1.63. The number of aromatic nitrogens is 1. The third kappa shape index (κ3) is 9.37. The minimum Gasteiger partial charge on any atom is -0.471 e. The van der Waals surface area contributed by atoms with Crippen molar-refractivity contribution in [1.82, 2.24) is 15.3 Å². The minimum absolute atomic E-state index is 0.0361. The number of hydrogen-bond donors (Lipinski definition) is 2. The van der Waals surface area contributed by atoms with Gasteiger partial charge < -0.3 is 20.5 Å². The molecule has 3 rings (SSSR count). The van der Waals surface area contributed by atoms with Crippen LogP contribution in [0.15, 0.2) is 22.2 Å². The first-order chi connectivity index (χ1) is 17.3. The quantitative estimate of drug-likeness (QED) is 0.351. The Bertz CT molecular complexity index is 939. The molecule has 2 aliphatic rings. The van der Waals surface area contributed by atoms with Crippen molar-refractivity contribution in [3.05, 3.63) is 23.4 Å². The fraction of sp³-hybridized carbons (Fsp3) is 0.654. The lowest BCUT2D eigenvalue weighted by Crippen LogP contribution is -2.29. The highest BCUT2D eigenvalue weighted by Crippen LogP contribution is 2.30. The van der Waals surface area contributed by atoms with Crippen molar-refractivity contribution >= 4 is 24.0 Å². The first-order valence-electron chi connectivity index (χ1n) is 12.8. The summed E-state index contributed by atoms with van der Waals surface area (Å²) in [5.74, 6) is -1.86. The summed E-state index contributed by atoms with van der Waals surface area (Å²) in [5.41, 5.74) is 5.08. The Kier molecular flexibility index (Phi) is 10.5. The van der Waals surface area contributed by atoms with E-state index in [2.05, 4.69) is 25.4 Å². The number of carbonyl (C=O) groups excluding carboxylic acids is 1. The standard InChI is InChI=1S/C26H38F2N6O2/c1-26(27,28)18-36-25-8-7-21-10-13-34(14-11-23(21)32-25)12-9-19-3-5-20(6-4-19)17-31-24(35)15-22(16-29)33-30-2/h7-8,16-17,19-20,29-30H,3-6,9-15,18H2,1-2H3/b29-16?,31-17?,33-22-. The summed E-state index contributed by atoms with van der Waals surface area (Å²) in [6.07, 6.45) is 10.1. The molecule has 198 valence electrons. The number of ether oxygens (including phenoxy) is 1. The summed E-state index contributed by atoms with van der Waals surface area (Å²) in [5, 5.41) is 11.1. The monoisotopic (exact) mass is 504 g/mol. The molecule has 2 heterocycles. The summed E-state index contributed by atoms with van der Waals surface area (Å²) in [6.45, 7) is 3.10. The van der Waals surface area contributed by atoms with E-state index < -0.39 is 12.5 Å². The van der Waals surface area contributed by atoms with Crippen LogP contribution in [0.3, 0.4) is 0 Å². The van der Waals surface area contributed by atoms with Crippen LogP contribution in [0, 0.1) is 17.2 Å². The van der Waals surface area contributed by atoms with Gasteiger partial charge in [-0.15, -0.1) is 0 Å². The molecular formula is C26H38F2N6O2. The third-order valence-corrected chi connectivity index (χ3v) is 6.81. The van der Waals surface area contributed by atoms with Crippen molar-refractivity contribution in [3.8, 4) is 5.88 Å². The van der Waals surface area contributed by atoms with Gasteiger partial charge in [-0.2, -0.15) is 5.10 Å². The van der Waals surface area contributed by atoms with E-state index in [0.717, 1.165) is 83.4 Å². The number of amides is 1. The molecule has 1 aromatic heterocycles. The molecule has 0 radical (unpaired) electrons. The van der Waals surface area contributed by atoms with Gasteiger partial charge in [-0.1, -0.05) is 6.07 Å². The highest BCUT2D eigenvalue weighted by Gasteiger charge is 2.24. The third-order valence-electron chi connectivity index (χ3n) is 6.81. The number of pyridine rings is 1. The van der Waals surface area contributed by atoms with Crippen LogP contribution < -0.4 is 10.2 Å². The molecule has 0 unspecified atom stereocenters. The average Bonchev–Trinajstić information content (AvgIpc) is 3.07. The molecule has 8 nitrogen and oxygen atoms in total. The van der Waals surface area contributed by atoms with Gasteiger partial charge in [0.2, 0.25) is 5.88 Å². The van der Waals surface area contributed by atoms with E-state index in [1.165, 1.54) is 5.56 Å². The van der Waals surface area contributed by atoms with E-state index in [0.29, 0.717) is 17.5 Å². The van der Waals surface area contributed by atoms with E-state index >= 15 is 0 Å². The molecule has 1 amide bonds. The van der Waals surface area contributed by atoms with Crippen LogP contribution in [-0.4, -0.2) is 73.1 Å². The summed E-state index contributed by atoms with van der Waals surface area (Å²) >= 11 is 0. The smallest absolute Gasteiger partial charge is 0.278 e. The molecule has 1 saturated carbocycles. The van der Waals surface area contributed by atoms with E-state index in [1.54, 1.807) is 19.3 Å². The molecule has 36 heavy (non-hydrogen) atoms. The molecule has 0 atom stereocenters. The number of carbonyl (C=O) groups is 1. The van der Waals surface area contributed by atoms with Crippen LogP contribution in [0.1, 0.15) is 56.7 Å². The van der Waals surface area contributed by atoms with E-state index in [1.807, 2.05) is 6.07 Å². The Hall–Kier alpha value is -2.75. The van der Waals surface area contributed by atoms with Gasteiger partial charge in [-0.3, -0.25) is 4.79 Å². The van der Waals surface area contributed by atoms with Gasteiger partial charge in [0.1, 0.15) is 0 Å². The van der Waals surface area contributed by atoms with Crippen LogP contribution in [0.25, 0.3) is 0 Å². The summed E-state index contributed by atoms with van der Waals surface area (Å²) in [4.78, 5) is 23.1. The molecule has 1 aromatic rings. The second-order valence-electron chi connectivity index (χ2n) is 9.85. The Morgan fingerprint density at radius 1 is 1.28 bits per heavy atom. The van der Waals surface area contributed by atoms with E-state index in [9.17, 15) is 13.6 Å². The molecular weight excluding hydrogens is 466 g/mol. The number of hydrazone groups is 1. The largest absolute Gasteiger partial charge is 0.471 e. The van der Waals surface area contributed by atoms with Crippen molar-refractivity contribution in [1.29, 1.82) is 5.41 Å². The average molecular weight is 505 g/mol. The fourth-order valence-electron chi connectivity index (χ4n) is 4.76. The lowest BCUT2D eigenvalue weighted by Gasteiger charge is -2.28. The zero-order chi connectivity index (χ0) is 26.0. The predicted octanol–water partition coefficient (Wildman–Crippen LogP) is 3.93. The van der Waals surface area contributed by atoms with Crippen molar-refractivity contribution in [3.63, 3.8) is 0 Å². The molecule has 0 saturated heterocycles. The first kappa shape index (κ1) is 27.8. The van der Waals surface area contributed by atoms with Gasteiger partial charge in [-0.05, 0) is 62.5 Å². The normalized spacial score (nSPS) is 21.6. The van der Waals surface area contributed by atoms with Gasteiger partial charge in [0.15, 0.2) is 6.61 Å². The SMILES string of the molecule is CN/N=C(\C=N)CC(=O)N=CC1CCC(CCN2CCc3ccc(OCC(C)(F)F)nc3CC2)CC1. The number of rotatable bonds is 11. The van der Waals surface area contributed by atoms with Gasteiger partial charge in [0.25, 0.3) is 11.8 Å². The van der Waals surface area contributed by atoms with Crippen LogP contribution >= 0.6 is 0 Å². The first-order valence-corrected chi connectivity index (χ1v) is 12.8. The van der Waals surface area contributed by atoms with Crippen molar-refractivity contribution in [2.24, 2.45) is 21.9 Å². The lowest BCUT2D eigenvalue weighted by molar-refractivity contribution is -0.116. The van der Waals surface area contributed by atoms with Crippen molar-refractivity contribution < 1.29 is 18.3 Å². The molecule has 0 aromatic carbocycles. The topological polar surface area (TPSA) is 103 Å². The number of aliphatic imine (C=N–C) groups is 1. The maximum Gasteiger partial charge on any atom is 0.278 e. The van der Waals surface area contributed by atoms with Crippen molar-refractivity contribution in [2.45, 2.75) is 64.2 Å². The highest BCUT2D eigenvalue weighted by atomic mass is 19.3. The number of hydrogen-bond acceptors (Lipinski definition) is 7. The van der Waals surface area contributed by atoms with Gasteiger partial charge >= 0.3 is 0 Å². The Balaban J connectivity index is 1.38. The molecule has 2 N–H and O–H groups in total. The zero-order valence-electron chi connectivity index (χ0n) is 21.3. The van der Waals surface area contributed by atoms with E-state index in [-0.39, 0.29) is 18.2 Å². The minimum atomic E-state index is -2.87. The number of alkyl halides is 2. The van der Waals surface area contributed by atoms with Gasteiger partial charge in [0, 0.05) is 57.7 Å². The molecule has 1 aliphatic heterocycles. The predicted molar refractivity (Wildman–Crippen MR) is 138 cm³/mol. The Labute approximate surface area is 212 Å². The summed E-state index contributed by atoms with van der Waals surface area (Å²) in [6, 6.07) is 3.65. The lowest BCUT2D eigenvalue weighted by atomic mass is 9.81. The Morgan fingerprint density at radius 3 is 2.72 bits per heavy atom. The maximum atomic E-state index is 13.1. The van der Waals surface area contributed by atoms with E-state index in [4.69, 9.17) is 10.1 Å². The molecule has 0 bridgehead atoms. The molecule has 1 aliphatic carbocycles. The molecule has 0 spiro atoms. The number of nitrogens with zero attached hydrogens (tertiary/aromatic N) is 4. The van der Waals surface area contributed by atoms with Crippen LogP contribution in [-0.2, 0) is 17.6 Å². The van der Waals surface area contributed by atoms with Crippen LogP contribution in [0.2, 0.25) is 0 Å². The van der Waals surface area contributed by atoms with Gasteiger partial charge in [0.05, 0.1) is 12.1 Å². The Morgan fingerprint density at radius 2 is 2.03 bits per heavy atom. The second kappa shape index (κ2) is 13.5. The van der Waals surface area contributed by atoms with Crippen LogP contribution in [0.4, 0.5) is 8.78 Å². The molecule has 1 fully saturated rings. The number of fused-ring (bicyclic) bond motifs is 1. The second-order valence-corrected chi connectivity index (χ2v) is 9.85. The number of nitrogens with one attached hydrogen (secondary N) is 2. The number of halogens is 2. The zero-order valence-corrected chi connectivity index (χ0v) is 21.3. The highest BCUT2D eigenvalue weighted by molar-refractivity contribution is 6.33. The fourth-order valence-corrected chi connectivity index (χ4v) is 4.76. The maximum absolute atomic E-state index is 13.1. The summed E-state index contributed by atoms with van der Waals surface area (Å²) < 4.78 is 31.3. The van der Waals surface area contributed by atoms with Gasteiger partial charge in [-0.25, -0.2) is 18.8 Å².